The maximum atomic E-state index is 12.9. The second-order valence-electron chi connectivity index (χ2n) is 7.80. The van der Waals surface area contributed by atoms with Crippen LogP contribution in [0, 0.1) is 11.8 Å². The number of hydrogen-bond acceptors (Lipinski definition) is 2. The monoisotopic (exact) mass is 377 g/mol. The standard InChI is InChI=1S/C23H27N3O2/c1-3-17-9-7-8-12-21(17)24-23(28)25-13-19-14-26(16(2)27)22(20(19)15-25)18-10-5-4-6-11-18/h4-12,19-20,22H,3,13-15H2,1-2H3,(H,24,28)/t19-,20-,22+/m1/s1. The highest BCUT2D eigenvalue weighted by Gasteiger charge is 2.49. The first-order valence-electron chi connectivity index (χ1n) is 10.0. The van der Waals surface area contributed by atoms with Crippen LogP contribution in [-0.2, 0) is 11.2 Å². The SMILES string of the molecule is CCc1ccccc1NC(=O)N1C[C@@H]2CN(C(C)=O)[C@@H](c3ccccc3)[C@@H]2C1. The molecule has 0 aliphatic carbocycles. The number of aryl methyl sites for hydroxylation is 1. The number of amides is 3. The van der Waals surface area contributed by atoms with Gasteiger partial charge < -0.3 is 15.1 Å². The van der Waals surface area contributed by atoms with E-state index < -0.39 is 0 Å². The molecule has 1 N–H and O–H groups in total. The van der Waals surface area contributed by atoms with E-state index >= 15 is 0 Å². The minimum Gasteiger partial charge on any atom is -0.335 e. The first-order chi connectivity index (χ1) is 13.6. The number of carbonyl (C=O) groups excluding carboxylic acids is 2. The maximum absolute atomic E-state index is 12.9. The van der Waals surface area contributed by atoms with Gasteiger partial charge in [-0.2, -0.15) is 0 Å². The molecule has 5 heteroatoms. The van der Waals surface area contributed by atoms with Gasteiger partial charge in [-0.15, -0.1) is 0 Å². The van der Waals surface area contributed by atoms with Crippen LogP contribution in [0.1, 0.15) is 31.0 Å². The number of anilines is 1. The smallest absolute Gasteiger partial charge is 0.321 e. The summed E-state index contributed by atoms with van der Waals surface area (Å²) in [5, 5.41) is 3.09. The highest BCUT2D eigenvalue weighted by molar-refractivity contribution is 5.90. The molecular formula is C23H27N3O2. The highest BCUT2D eigenvalue weighted by Crippen LogP contribution is 2.45. The minimum absolute atomic E-state index is 0.0449. The topological polar surface area (TPSA) is 52.7 Å². The molecule has 0 unspecified atom stereocenters. The van der Waals surface area contributed by atoms with Crippen LogP contribution in [0.25, 0.3) is 0 Å². The first kappa shape index (κ1) is 18.5. The molecule has 0 aromatic heterocycles. The number of likely N-dealkylation sites (tertiary alicyclic amines) is 2. The molecule has 2 heterocycles. The van der Waals surface area contributed by atoms with Crippen LogP contribution in [0.2, 0.25) is 0 Å². The molecule has 0 radical (unpaired) electrons. The number of carbonyl (C=O) groups is 2. The van der Waals surface area contributed by atoms with Gasteiger partial charge in [0.2, 0.25) is 5.91 Å². The van der Waals surface area contributed by atoms with Gasteiger partial charge in [-0.25, -0.2) is 4.79 Å². The molecule has 0 bridgehead atoms. The van der Waals surface area contributed by atoms with Crippen molar-refractivity contribution in [2.75, 3.05) is 25.0 Å². The van der Waals surface area contributed by atoms with Crippen molar-refractivity contribution in [3.63, 3.8) is 0 Å². The van der Waals surface area contributed by atoms with Gasteiger partial charge in [0.25, 0.3) is 0 Å². The molecule has 0 saturated carbocycles. The number of para-hydroxylation sites is 1. The summed E-state index contributed by atoms with van der Waals surface area (Å²) in [5.41, 5.74) is 3.18. The molecule has 2 aliphatic rings. The Morgan fingerprint density at radius 3 is 2.43 bits per heavy atom. The molecule has 2 fully saturated rings. The van der Waals surface area contributed by atoms with Crippen molar-refractivity contribution >= 4 is 17.6 Å². The molecule has 2 aromatic rings. The van der Waals surface area contributed by atoms with Gasteiger partial charge >= 0.3 is 6.03 Å². The zero-order valence-corrected chi connectivity index (χ0v) is 16.5. The summed E-state index contributed by atoms with van der Waals surface area (Å²) in [4.78, 5) is 29.0. The van der Waals surface area contributed by atoms with E-state index in [9.17, 15) is 9.59 Å². The van der Waals surface area contributed by atoms with E-state index in [0.717, 1.165) is 29.8 Å². The molecule has 4 rings (SSSR count). The Labute approximate surface area is 166 Å². The number of benzene rings is 2. The van der Waals surface area contributed by atoms with E-state index in [4.69, 9.17) is 0 Å². The van der Waals surface area contributed by atoms with Crippen molar-refractivity contribution in [3.8, 4) is 0 Å². The van der Waals surface area contributed by atoms with Gasteiger partial charge in [0, 0.05) is 44.1 Å². The number of hydrogen-bond donors (Lipinski definition) is 1. The largest absolute Gasteiger partial charge is 0.335 e. The molecule has 2 aromatic carbocycles. The molecule has 3 atom stereocenters. The van der Waals surface area contributed by atoms with Crippen molar-refractivity contribution in [1.82, 2.24) is 9.80 Å². The van der Waals surface area contributed by atoms with E-state index in [-0.39, 0.29) is 23.9 Å². The average molecular weight is 377 g/mol. The quantitative estimate of drug-likeness (QED) is 0.881. The van der Waals surface area contributed by atoms with Crippen molar-refractivity contribution in [1.29, 1.82) is 0 Å². The van der Waals surface area contributed by atoms with Crippen LogP contribution in [0.4, 0.5) is 10.5 Å². The molecule has 28 heavy (non-hydrogen) atoms. The number of nitrogens with zero attached hydrogens (tertiary/aromatic N) is 2. The third kappa shape index (κ3) is 3.37. The lowest BCUT2D eigenvalue weighted by molar-refractivity contribution is -0.130. The zero-order valence-electron chi connectivity index (χ0n) is 16.5. The summed E-state index contributed by atoms with van der Waals surface area (Å²) < 4.78 is 0. The Morgan fingerprint density at radius 2 is 1.71 bits per heavy atom. The van der Waals surface area contributed by atoms with Gasteiger partial charge in [-0.05, 0) is 23.6 Å². The fourth-order valence-electron chi connectivity index (χ4n) is 4.76. The van der Waals surface area contributed by atoms with E-state index in [1.165, 1.54) is 0 Å². The van der Waals surface area contributed by atoms with E-state index in [0.29, 0.717) is 19.0 Å². The third-order valence-corrected chi connectivity index (χ3v) is 6.14. The summed E-state index contributed by atoms with van der Waals surface area (Å²) in [6.07, 6.45) is 0.880. The molecule has 146 valence electrons. The van der Waals surface area contributed by atoms with Crippen LogP contribution < -0.4 is 5.32 Å². The average Bonchev–Trinajstić information content (AvgIpc) is 3.27. The predicted molar refractivity (Wildman–Crippen MR) is 110 cm³/mol. The molecular weight excluding hydrogens is 350 g/mol. The van der Waals surface area contributed by atoms with Crippen LogP contribution >= 0.6 is 0 Å². The predicted octanol–water partition coefficient (Wildman–Crippen LogP) is 3.93. The lowest BCUT2D eigenvalue weighted by Crippen LogP contribution is -2.38. The lowest BCUT2D eigenvalue weighted by atomic mass is 9.89. The zero-order chi connectivity index (χ0) is 19.7. The van der Waals surface area contributed by atoms with Gasteiger partial charge in [-0.1, -0.05) is 55.5 Å². The molecule has 5 nitrogen and oxygen atoms in total. The number of nitrogens with one attached hydrogen (secondary N) is 1. The minimum atomic E-state index is -0.0449. The Kier molecular flexibility index (Phi) is 5.07. The normalized spacial score (nSPS) is 23.6. The van der Waals surface area contributed by atoms with Gasteiger partial charge in [-0.3, -0.25) is 4.79 Å². The van der Waals surface area contributed by atoms with Crippen molar-refractivity contribution in [3.05, 3.63) is 65.7 Å². The van der Waals surface area contributed by atoms with Crippen LogP contribution in [0.5, 0.6) is 0 Å². The van der Waals surface area contributed by atoms with Crippen molar-refractivity contribution in [2.24, 2.45) is 11.8 Å². The van der Waals surface area contributed by atoms with Crippen molar-refractivity contribution in [2.45, 2.75) is 26.3 Å². The van der Waals surface area contributed by atoms with Crippen LogP contribution in [-0.4, -0.2) is 41.4 Å². The molecule has 2 aliphatic heterocycles. The van der Waals surface area contributed by atoms with Gasteiger partial charge in [0.15, 0.2) is 0 Å². The molecule has 2 saturated heterocycles. The number of rotatable bonds is 3. The van der Waals surface area contributed by atoms with Gasteiger partial charge in [0.1, 0.15) is 0 Å². The van der Waals surface area contributed by atoms with E-state index in [2.05, 4.69) is 24.4 Å². The fraction of sp³-hybridized carbons (Fsp3) is 0.391. The molecule has 3 amide bonds. The Balaban J connectivity index is 1.51. The fourth-order valence-corrected chi connectivity index (χ4v) is 4.76. The first-order valence-corrected chi connectivity index (χ1v) is 10.0. The summed E-state index contributed by atoms with van der Waals surface area (Å²) in [5.74, 6) is 0.705. The van der Waals surface area contributed by atoms with E-state index in [1.54, 1.807) is 6.92 Å². The maximum Gasteiger partial charge on any atom is 0.321 e. The summed E-state index contributed by atoms with van der Waals surface area (Å²) in [6, 6.07) is 18.1. The Bertz CT molecular complexity index is 867. The lowest BCUT2D eigenvalue weighted by Gasteiger charge is -2.29. The Hall–Kier alpha value is -2.82. The summed E-state index contributed by atoms with van der Waals surface area (Å²) in [7, 11) is 0. The highest BCUT2D eigenvalue weighted by atomic mass is 16.2. The van der Waals surface area contributed by atoms with Crippen LogP contribution in [0.15, 0.2) is 54.6 Å². The second-order valence-corrected chi connectivity index (χ2v) is 7.80. The van der Waals surface area contributed by atoms with Gasteiger partial charge in [0.05, 0.1) is 6.04 Å². The number of fused-ring (bicyclic) bond motifs is 1. The van der Waals surface area contributed by atoms with Crippen LogP contribution in [0.3, 0.4) is 0 Å². The Morgan fingerprint density at radius 1 is 1.00 bits per heavy atom. The summed E-state index contributed by atoms with van der Waals surface area (Å²) in [6.45, 7) is 5.82. The van der Waals surface area contributed by atoms with E-state index in [1.807, 2.05) is 52.3 Å². The summed E-state index contributed by atoms with van der Waals surface area (Å²) >= 11 is 0. The molecule has 0 spiro atoms. The number of urea groups is 1. The third-order valence-electron chi connectivity index (χ3n) is 6.14. The van der Waals surface area contributed by atoms with Crippen molar-refractivity contribution < 1.29 is 9.59 Å². The second kappa shape index (κ2) is 7.66.